The first kappa shape index (κ1) is 23.0. The second-order valence-electron chi connectivity index (χ2n) is 8.89. The van der Waals surface area contributed by atoms with Gasteiger partial charge >= 0.3 is 0 Å². The van der Waals surface area contributed by atoms with Gasteiger partial charge in [-0.3, -0.25) is 14.9 Å². The molecule has 3 aromatic heterocycles. The number of carbonyl (C=O) groups excluding carboxylic acids is 1. The Labute approximate surface area is 203 Å². The molecule has 1 aromatic carbocycles. The van der Waals surface area contributed by atoms with Crippen LogP contribution >= 0.6 is 0 Å². The summed E-state index contributed by atoms with van der Waals surface area (Å²) in [5.41, 5.74) is 4.36. The van der Waals surface area contributed by atoms with E-state index in [1.807, 2.05) is 30.6 Å². The molecule has 10 heteroatoms. The summed E-state index contributed by atoms with van der Waals surface area (Å²) in [7, 11) is -3.48. The number of hydrogen-bond donors (Lipinski definition) is 2. The Morgan fingerprint density at radius 2 is 1.83 bits per heavy atom. The van der Waals surface area contributed by atoms with Gasteiger partial charge in [0.25, 0.3) is 5.91 Å². The summed E-state index contributed by atoms with van der Waals surface area (Å²) in [5, 5.41) is 9.94. The second-order valence-corrected chi connectivity index (χ2v) is 11.3. The van der Waals surface area contributed by atoms with Crippen LogP contribution in [0.3, 0.4) is 0 Å². The summed E-state index contributed by atoms with van der Waals surface area (Å²) in [6, 6.07) is 10.8. The number of nitrogens with zero attached hydrogens (tertiary/aromatic N) is 4. The molecule has 1 aliphatic rings. The maximum absolute atomic E-state index is 13.0. The summed E-state index contributed by atoms with van der Waals surface area (Å²) in [6.45, 7) is 5.27. The average molecular weight is 491 g/mol. The Balaban J connectivity index is 1.40. The van der Waals surface area contributed by atoms with E-state index in [1.165, 1.54) is 31.2 Å². The van der Waals surface area contributed by atoms with Crippen molar-refractivity contribution in [1.82, 2.24) is 20.2 Å². The molecule has 1 aliphatic heterocycles. The number of aromatic nitrogens is 4. The van der Waals surface area contributed by atoms with Gasteiger partial charge in [-0.2, -0.15) is 5.10 Å². The Kier molecular flexibility index (Phi) is 5.98. The quantitative estimate of drug-likeness (QED) is 0.418. The third-order valence-corrected chi connectivity index (χ3v) is 8.28. The van der Waals surface area contributed by atoms with Crippen LogP contribution in [0.15, 0.2) is 60.0 Å². The zero-order valence-corrected chi connectivity index (χ0v) is 20.3. The predicted octanol–water partition coefficient (Wildman–Crippen LogP) is 4.05. The fourth-order valence-corrected chi connectivity index (χ4v) is 5.10. The van der Waals surface area contributed by atoms with Gasteiger partial charge in [0.1, 0.15) is 0 Å². The molecule has 180 valence electrons. The van der Waals surface area contributed by atoms with Crippen LogP contribution in [-0.2, 0) is 9.84 Å². The number of amides is 1. The normalized spacial score (nSPS) is 14.1. The van der Waals surface area contributed by atoms with Crippen molar-refractivity contribution in [2.75, 3.05) is 23.3 Å². The molecule has 5 rings (SSSR count). The predicted molar refractivity (Wildman–Crippen MR) is 135 cm³/mol. The topological polar surface area (TPSA) is 121 Å². The van der Waals surface area contributed by atoms with E-state index in [4.69, 9.17) is 0 Å². The molecule has 0 aliphatic carbocycles. The maximum atomic E-state index is 13.0. The summed E-state index contributed by atoms with van der Waals surface area (Å²) in [4.78, 5) is 23.8. The van der Waals surface area contributed by atoms with E-state index >= 15 is 0 Å². The molecule has 1 fully saturated rings. The van der Waals surface area contributed by atoms with E-state index in [0.29, 0.717) is 11.1 Å². The molecule has 1 amide bonds. The van der Waals surface area contributed by atoms with Crippen LogP contribution < -0.4 is 10.2 Å². The fourth-order valence-electron chi connectivity index (χ4n) is 4.15. The molecule has 2 N–H and O–H groups in total. The van der Waals surface area contributed by atoms with Gasteiger partial charge in [0.2, 0.25) is 0 Å². The number of sulfone groups is 1. The lowest BCUT2D eigenvalue weighted by atomic mass is 10.0. The monoisotopic (exact) mass is 490 g/mol. The van der Waals surface area contributed by atoms with Crippen molar-refractivity contribution in [3.8, 4) is 11.1 Å². The molecule has 4 heterocycles. The van der Waals surface area contributed by atoms with Gasteiger partial charge in [-0.05, 0) is 62.6 Å². The van der Waals surface area contributed by atoms with Crippen molar-refractivity contribution < 1.29 is 13.2 Å². The van der Waals surface area contributed by atoms with Gasteiger partial charge in [0, 0.05) is 30.2 Å². The van der Waals surface area contributed by atoms with Gasteiger partial charge in [-0.25, -0.2) is 13.4 Å². The number of hydrogen-bond acceptors (Lipinski definition) is 7. The van der Waals surface area contributed by atoms with E-state index in [-0.39, 0.29) is 10.7 Å². The Morgan fingerprint density at radius 3 is 2.54 bits per heavy atom. The third-order valence-electron chi connectivity index (χ3n) is 6.21. The standard InChI is InChI=1S/C25H26N6O3S/c1-16(2)35(33,34)23-8-6-19(14-27-23)28-25(32)24-21-12-17(5-7-22(21)29-30-24)18-11-20(15-26-13-18)31-9-3-4-10-31/h5-8,11-16H,3-4,9-10H2,1-2H3,(H,28,32)(H,29,30). The lowest BCUT2D eigenvalue weighted by molar-refractivity contribution is 0.102. The number of benzene rings is 1. The summed E-state index contributed by atoms with van der Waals surface area (Å²) >= 11 is 0. The van der Waals surface area contributed by atoms with Crippen molar-refractivity contribution in [2.24, 2.45) is 0 Å². The van der Waals surface area contributed by atoms with Crippen LogP contribution in [0.2, 0.25) is 0 Å². The SMILES string of the molecule is CC(C)S(=O)(=O)c1ccc(NC(=O)c2n[nH]c3ccc(-c4cncc(N5CCCC5)c4)cc23)cn1. The van der Waals surface area contributed by atoms with E-state index in [0.717, 1.165) is 35.4 Å². The largest absolute Gasteiger partial charge is 0.370 e. The Bertz CT molecular complexity index is 1490. The molecule has 4 aromatic rings. The number of pyridine rings is 2. The molecular weight excluding hydrogens is 464 g/mol. The van der Waals surface area contributed by atoms with Gasteiger partial charge in [0.15, 0.2) is 20.6 Å². The van der Waals surface area contributed by atoms with Crippen LogP contribution in [0.5, 0.6) is 0 Å². The zero-order chi connectivity index (χ0) is 24.6. The van der Waals surface area contributed by atoms with Crippen molar-refractivity contribution in [3.05, 3.63) is 60.7 Å². The molecule has 0 unspecified atom stereocenters. The third kappa shape index (κ3) is 4.49. The molecule has 35 heavy (non-hydrogen) atoms. The molecular formula is C25H26N6O3S. The first-order valence-electron chi connectivity index (χ1n) is 11.5. The number of nitrogens with one attached hydrogen (secondary N) is 2. The van der Waals surface area contributed by atoms with Crippen LogP contribution in [0, 0.1) is 0 Å². The highest BCUT2D eigenvalue weighted by Crippen LogP contribution is 2.29. The number of H-pyrrole nitrogens is 1. The molecule has 0 radical (unpaired) electrons. The van der Waals surface area contributed by atoms with Crippen molar-refractivity contribution in [2.45, 2.75) is 37.0 Å². The zero-order valence-electron chi connectivity index (χ0n) is 19.5. The summed E-state index contributed by atoms with van der Waals surface area (Å²) in [5.74, 6) is -0.418. The van der Waals surface area contributed by atoms with Crippen molar-refractivity contribution in [3.63, 3.8) is 0 Å². The highest BCUT2D eigenvalue weighted by atomic mass is 32.2. The van der Waals surface area contributed by atoms with E-state index in [1.54, 1.807) is 13.8 Å². The number of rotatable bonds is 6. The molecule has 1 saturated heterocycles. The molecule has 0 atom stereocenters. The molecule has 0 spiro atoms. The average Bonchev–Trinajstić information content (AvgIpc) is 3.54. The van der Waals surface area contributed by atoms with Crippen LogP contribution in [0.1, 0.15) is 37.2 Å². The first-order valence-corrected chi connectivity index (χ1v) is 13.1. The number of carbonyl (C=O) groups is 1. The number of fused-ring (bicyclic) bond motifs is 1. The van der Waals surface area contributed by atoms with E-state index in [9.17, 15) is 13.2 Å². The summed E-state index contributed by atoms with van der Waals surface area (Å²) < 4.78 is 24.5. The Hall–Kier alpha value is -3.79. The highest BCUT2D eigenvalue weighted by Gasteiger charge is 2.21. The number of aromatic amines is 1. The van der Waals surface area contributed by atoms with E-state index in [2.05, 4.69) is 36.4 Å². The maximum Gasteiger partial charge on any atom is 0.276 e. The van der Waals surface area contributed by atoms with Gasteiger partial charge in [-0.15, -0.1) is 0 Å². The van der Waals surface area contributed by atoms with Crippen LogP contribution in [-0.4, -0.2) is 52.8 Å². The molecule has 0 bridgehead atoms. The lowest BCUT2D eigenvalue weighted by Gasteiger charge is -2.17. The van der Waals surface area contributed by atoms with Crippen LogP contribution in [0.4, 0.5) is 11.4 Å². The minimum absolute atomic E-state index is 0.0230. The minimum Gasteiger partial charge on any atom is -0.370 e. The van der Waals surface area contributed by atoms with Gasteiger partial charge < -0.3 is 10.2 Å². The Morgan fingerprint density at radius 1 is 1.03 bits per heavy atom. The smallest absolute Gasteiger partial charge is 0.276 e. The second kappa shape index (κ2) is 9.10. The lowest BCUT2D eigenvalue weighted by Crippen LogP contribution is -2.17. The summed E-state index contributed by atoms with van der Waals surface area (Å²) in [6.07, 6.45) is 7.42. The van der Waals surface area contributed by atoms with Gasteiger partial charge in [0.05, 0.1) is 34.5 Å². The van der Waals surface area contributed by atoms with Crippen LogP contribution in [0.25, 0.3) is 22.0 Å². The molecule has 0 saturated carbocycles. The van der Waals surface area contributed by atoms with Crippen molar-refractivity contribution in [1.29, 1.82) is 0 Å². The highest BCUT2D eigenvalue weighted by molar-refractivity contribution is 7.91. The first-order chi connectivity index (χ1) is 16.8. The number of anilines is 2. The molecule has 9 nitrogen and oxygen atoms in total. The van der Waals surface area contributed by atoms with Crippen molar-refractivity contribution >= 4 is 38.0 Å². The fraction of sp³-hybridized carbons (Fsp3) is 0.280. The minimum atomic E-state index is -3.48. The van der Waals surface area contributed by atoms with E-state index < -0.39 is 21.0 Å². The van der Waals surface area contributed by atoms with Gasteiger partial charge in [-0.1, -0.05) is 6.07 Å².